The Hall–Kier alpha value is 1.10. The van der Waals surface area contributed by atoms with E-state index in [1.165, 1.54) is 25.7 Å². The maximum atomic E-state index is 2.37. The molecule has 0 unspecified atom stereocenters. The molecule has 1 aliphatic rings. The summed E-state index contributed by atoms with van der Waals surface area (Å²) in [5.74, 6) is 2.68. The Bertz CT molecular complexity index is 115. The summed E-state index contributed by atoms with van der Waals surface area (Å²) in [7, 11) is 0. The van der Waals surface area contributed by atoms with Crippen LogP contribution in [0.2, 0.25) is 0 Å². The van der Waals surface area contributed by atoms with Crippen LogP contribution in [-0.4, -0.2) is 0 Å². The summed E-state index contributed by atoms with van der Waals surface area (Å²) in [4.78, 5) is 0. The molecule has 0 saturated heterocycles. The van der Waals surface area contributed by atoms with E-state index in [-0.39, 0.29) is 32.7 Å². The molecule has 1 rings (SSSR count). The number of hydrogen-bond acceptors (Lipinski definition) is 0. The third kappa shape index (κ3) is 3.87. The molecule has 0 atom stereocenters. The summed E-state index contributed by atoms with van der Waals surface area (Å²) in [6.07, 6.45) is 5.61. The molecule has 0 aliphatic heterocycles. The molecule has 1 fully saturated rings. The minimum Gasteiger partial charge on any atom is -0.317 e. The molecule has 0 aromatic rings. The van der Waals surface area contributed by atoms with Gasteiger partial charge in [0.05, 0.1) is 0 Å². The second-order valence-electron chi connectivity index (χ2n) is 5.10. The molecule has 0 amide bonds. The molecular weight excluding hydrogens is 221 g/mol. The quantitative estimate of drug-likeness (QED) is 0.566. The molecule has 0 bridgehead atoms. The van der Waals surface area contributed by atoms with Crippen LogP contribution >= 0.6 is 0 Å². The fraction of sp³-hybridized carbons (Fsp3) is 0.909. The topological polar surface area (TPSA) is 0 Å². The van der Waals surface area contributed by atoms with Gasteiger partial charge in [-0.3, -0.25) is 0 Å². The van der Waals surface area contributed by atoms with Crippen LogP contribution in [-0.2, 0) is 32.7 Å². The SMILES string of the molecule is C[C-]1CCC(C(C)(C)C)CC1.[Y]. The maximum absolute atomic E-state index is 2.37. The van der Waals surface area contributed by atoms with E-state index in [4.69, 9.17) is 0 Å². The van der Waals surface area contributed by atoms with Crippen molar-refractivity contribution in [3.05, 3.63) is 5.92 Å². The van der Waals surface area contributed by atoms with E-state index >= 15 is 0 Å². The average molecular weight is 242 g/mol. The van der Waals surface area contributed by atoms with Gasteiger partial charge in [-0.05, 0) is 11.3 Å². The minimum absolute atomic E-state index is 0. The van der Waals surface area contributed by atoms with Crippen LogP contribution in [0.4, 0.5) is 0 Å². The molecule has 0 N–H and O–H groups in total. The van der Waals surface area contributed by atoms with Crippen molar-refractivity contribution in [1.82, 2.24) is 0 Å². The van der Waals surface area contributed by atoms with Gasteiger partial charge in [-0.25, -0.2) is 0 Å². The monoisotopic (exact) mass is 242 g/mol. The molecule has 1 heteroatoms. The van der Waals surface area contributed by atoms with Crippen LogP contribution in [0.25, 0.3) is 0 Å². The summed E-state index contributed by atoms with van der Waals surface area (Å²) in [5.41, 5.74) is 0.542. The molecule has 1 aliphatic carbocycles. The fourth-order valence-electron chi connectivity index (χ4n) is 1.98. The van der Waals surface area contributed by atoms with Gasteiger partial charge in [-0.15, -0.1) is 0 Å². The Morgan fingerprint density at radius 3 is 1.83 bits per heavy atom. The number of rotatable bonds is 0. The summed E-state index contributed by atoms with van der Waals surface area (Å²) in [6.45, 7) is 9.42. The molecule has 0 heterocycles. The van der Waals surface area contributed by atoms with Crippen LogP contribution in [0, 0.1) is 17.3 Å². The summed E-state index contributed by atoms with van der Waals surface area (Å²) < 4.78 is 0. The molecule has 0 nitrogen and oxygen atoms in total. The molecule has 12 heavy (non-hydrogen) atoms. The van der Waals surface area contributed by atoms with Crippen molar-refractivity contribution in [3.8, 4) is 0 Å². The van der Waals surface area contributed by atoms with Crippen LogP contribution in [0.1, 0.15) is 53.4 Å². The summed E-state index contributed by atoms with van der Waals surface area (Å²) in [5, 5.41) is 0. The first kappa shape index (κ1) is 13.1. The van der Waals surface area contributed by atoms with E-state index in [2.05, 4.69) is 27.7 Å². The normalized spacial score (nSPS) is 22.0. The Balaban J connectivity index is 0.00000121. The Labute approximate surface area is 103 Å². The predicted molar refractivity (Wildman–Crippen MR) is 50.3 cm³/mol. The first-order chi connectivity index (χ1) is 5.00. The van der Waals surface area contributed by atoms with E-state index in [9.17, 15) is 0 Å². The van der Waals surface area contributed by atoms with Crippen molar-refractivity contribution >= 4 is 0 Å². The van der Waals surface area contributed by atoms with Crippen LogP contribution in [0.3, 0.4) is 0 Å². The predicted octanol–water partition coefficient (Wildman–Crippen LogP) is 3.81. The third-order valence-electron chi connectivity index (χ3n) is 3.06. The molecule has 1 radical (unpaired) electrons. The standard InChI is InChI=1S/C11H21.Y/c1-9-5-7-10(8-6-9)11(2,3)4;/h10H,5-8H2,1-4H3;/q-1;. The van der Waals surface area contributed by atoms with E-state index < -0.39 is 0 Å². The third-order valence-corrected chi connectivity index (χ3v) is 3.06. The molecular formula is C11H21Y-. The van der Waals surface area contributed by atoms with Gasteiger partial charge in [-0.1, -0.05) is 33.6 Å². The van der Waals surface area contributed by atoms with E-state index in [1.54, 1.807) is 5.92 Å². The van der Waals surface area contributed by atoms with Gasteiger partial charge in [0.25, 0.3) is 0 Å². The zero-order valence-corrected chi connectivity index (χ0v) is 11.8. The molecule has 69 valence electrons. The first-order valence-corrected chi connectivity index (χ1v) is 4.81. The minimum atomic E-state index is 0. The largest absolute Gasteiger partial charge is 0.317 e. The van der Waals surface area contributed by atoms with Crippen molar-refractivity contribution in [3.63, 3.8) is 0 Å². The zero-order chi connectivity index (χ0) is 8.48. The fourth-order valence-corrected chi connectivity index (χ4v) is 1.98. The molecule has 0 spiro atoms. The van der Waals surface area contributed by atoms with Crippen molar-refractivity contribution < 1.29 is 32.7 Å². The second kappa shape index (κ2) is 5.10. The van der Waals surface area contributed by atoms with Crippen LogP contribution < -0.4 is 0 Å². The average Bonchev–Trinajstić information content (AvgIpc) is 1.86. The van der Waals surface area contributed by atoms with E-state index in [0.717, 1.165) is 5.92 Å². The van der Waals surface area contributed by atoms with E-state index in [0.29, 0.717) is 5.41 Å². The summed E-state index contributed by atoms with van der Waals surface area (Å²) in [6, 6.07) is 0. The Morgan fingerprint density at radius 2 is 1.50 bits per heavy atom. The van der Waals surface area contributed by atoms with Gasteiger partial charge in [0.1, 0.15) is 0 Å². The van der Waals surface area contributed by atoms with Gasteiger partial charge in [-0.2, -0.15) is 19.8 Å². The molecule has 0 aromatic heterocycles. The smallest absolute Gasteiger partial charge is 0 e. The zero-order valence-electron chi connectivity index (χ0n) is 8.98. The van der Waals surface area contributed by atoms with Crippen LogP contribution in [0.15, 0.2) is 0 Å². The Morgan fingerprint density at radius 1 is 1.08 bits per heavy atom. The number of hydrogen-bond donors (Lipinski definition) is 0. The van der Waals surface area contributed by atoms with Gasteiger partial charge >= 0.3 is 0 Å². The van der Waals surface area contributed by atoms with Gasteiger partial charge in [0.2, 0.25) is 0 Å². The van der Waals surface area contributed by atoms with Crippen LogP contribution in [0.5, 0.6) is 0 Å². The van der Waals surface area contributed by atoms with Crippen molar-refractivity contribution in [2.75, 3.05) is 0 Å². The van der Waals surface area contributed by atoms with Gasteiger partial charge in [0.15, 0.2) is 0 Å². The second-order valence-corrected chi connectivity index (χ2v) is 5.10. The molecule has 1 saturated carbocycles. The molecule has 0 aromatic carbocycles. The van der Waals surface area contributed by atoms with Crippen molar-refractivity contribution in [2.45, 2.75) is 53.4 Å². The first-order valence-electron chi connectivity index (χ1n) is 4.81. The van der Waals surface area contributed by atoms with Gasteiger partial charge in [0, 0.05) is 32.7 Å². The Kier molecular flexibility index (Phi) is 5.57. The van der Waals surface area contributed by atoms with Crippen molar-refractivity contribution in [1.29, 1.82) is 0 Å². The van der Waals surface area contributed by atoms with Gasteiger partial charge < -0.3 is 5.92 Å². The summed E-state index contributed by atoms with van der Waals surface area (Å²) >= 11 is 0. The van der Waals surface area contributed by atoms with Crippen molar-refractivity contribution in [2.24, 2.45) is 11.3 Å². The maximum Gasteiger partial charge on any atom is 0 e. The van der Waals surface area contributed by atoms with E-state index in [1.807, 2.05) is 0 Å².